The van der Waals surface area contributed by atoms with Gasteiger partial charge in [0.25, 0.3) is 0 Å². The van der Waals surface area contributed by atoms with Crippen LogP contribution in [0.5, 0.6) is 0 Å². The van der Waals surface area contributed by atoms with Crippen LogP contribution in [0.4, 0.5) is 33.5 Å². The smallest absolute Gasteiger partial charge is 0.226 e. The largest absolute Gasteiger partial charge is 0.373 e. The van der Waals surface area contributed by atoms with Gasteiger partial charge in [-0.2, -0.15) is 9.97 Å². The zero-order chi connectivity index (χ0) is 24.1. The number of benzene rings is 1. The number of piperidine rings is 1. The first-order valence-electron chi connectivity index (χ1n) is 12.4. The molecule has 1 saturated heterocycles. The van der Waals surface area contributed by atoms with Gasteiger partial charge in [-0.15, -0.1) is 0 Å². The van der Waals surface area contributed by atoms with Gasteiger partial charge in [0.1, 0.15) is 29.6 Å². The molecular weight excluding hydrogens is 443 g/mol. The average Bonchev–Trinajstić information content (AvgIpc) is 3.29. The maximum atomic E-state index is 13.5. The van der Waals surface area contributed by atoms with Gasteiger partial charge in [0.05, 0.1) is 0 Å². The highest BCUT2D eigenvalue weighted by atomic mass is 19.1. The maximum absolute atomic E-state index is 13.5. The Labute approximate surface area is 205 Å². The van der Waals surface area contributed by atoms with Crippen molar-refractivity contribution in [3.63, 3.8) is 0 Å². The number of aromatic nitrogens is 4. The predicted octanol–water partition coefficient (Wildman–Crippen LogP) is 4.34. The summed E-state index contributed by atoms with van der Waals surface area (Å²) in [6.45, 7) is 6.91. The van der Waals surface area contributed by atoms with Crippen molar-refractivity contribution < 1.29 is 4.39 Å². The van der Waals surface area contributed by atoms with E-state index in [1.807, 2.05) is 26.1 Å². The van der Waals surface area contributed by atoms with Crippen molar-refractivity contribution in [2.24, 2.45) is 11.8 Å². The van der Waals surface area contributed by atoms with Gasteiger partial charge in [-0.25, -0.2) is 14.4 Å². The van der Waals surface area contributed by atoms with Gasteiger partial charge in [-0.1, -0.05) is 6.92 Å². The second-order valence-electron chi connectivity index (χ2n) is 10.1. The van der Waals surface area contributed by atoms with E-state index >= 15 is 0 Å². The van der Waals surface area contributed by atoms with Gasteiger partial charge < -0.3 is 20.4 Å². The van der Waals surface area contributed by atoms with Crippen LogP contribution in [0.1, 0.15) is 36.9 Å². The summed E-state index contributed by atoms with van der Waals surface area (Å²) in [5, 5.41) is 7.01. The van der Waals surface area contributed by atoms with Crippen molar-refractivity contribution in [1.82, 2.24) is 19.9 Å². The zero-order valence-corrected chi connectivity index (χ0v) is 20.4. The molecule has 8 nitrogen and oxygen atoms in total. The Morgan fingerprint density at radius 1 is 1.00 bits per heavy atom. The minimum Gasteiger partial charge on any atom is -0.373 e. The van der Waals surface area contributed by atoms with Crippen molar-refractivity contribution in [3.05, 3.63) is 53.7 Å². The topological polar surface area (TPSA) is 82.1 Å². The van der Waals surface area contributed by atoms with Crippen LogP contribution >= 0.6 is 0 Å². The molecular formula is C26H31FN8. The molecule has 6 rings (SSSR count). The number of fused-ring (bicyclic) bond motifs is 3. The number of halogens is 1. The van der Waals surface area contributed by atoms with Gasteiger partial charge in [-0.05, 0) is 55.9 Å². The van der Waals surface area contributed by atoms with Gasteiger partial charge >= 0.3 is 0 Å². The van der Waals surface area contributed by atoms with E-state index in [-0.39, 0.29) is 11.7 Å². The average molecular weight is 475 g/mol. The summed E-state index contributed by atoms with van der Waals surface area (Å²) in [6, 6.07) is 9.03. The quantitative estimate of drug-likeness (QED) is 0.565. The molecule has 1 unspecified atom stereocenters. The van der Waals surface area contributed by atoms with Crippen LogP contribution in [0.15, 0.2) is 36.7 Å². The highest BCUT2D eigenvalue weighted by Gasteiger charge is 2.43. The molecule has 35 heavy (non-hydrogen) atoms. The lowest BCUT2D eigenvalue weighted by molar-refractivity contribution is 0.375. The first-order valence-corrected chi connectivity index (χ1v) is 12.4. The van der Waals surface area contributed by atoms with E-state index in [9.17, 15) is 4.39 Å². The second-order valence-corrected chi connectivity index (χ2v) is 10.1. The van der Waals surface area contributed by atoms with Crippen molar-refractivity contribution >= 4 is 29.1 Å². The molecule has 2 N–H and O–H groups in total. The van der Waals surface area contributed by atoms with Crippen LogP contribution in [0, 0.1) is 24.6 Å². The lowest BCUT2D eigenvalue weighted by Crippen LogP contribution is -2.48. The van der Waals surface area contributed by atoms with E-state index in [4.69, 9.17) is 9.97 Å². The van der Waals surface area contributed by atoms with Gasteiger partial charge in [0, 0.05) is 61.7 Å². The molecule has 2 aromatic heterocycles. The number of hydrogen-bond donors (Lipinski definition) is 2. The minimum atomic E-state index is -0.235. The summed E-state index contributed by atoms with van der Waals surface area (Å²) < 4.78 is 13.5. The summed E-state index contributed by atoms with van der Waals surface area (Å²) in [6.07, 6.45) is 4.03. The maximum Gasteiger partial charge on any atom is 0.226 e. The number of rotatable bonds is 5. The molecule has 1 aromatic carbocycles. The first-order chi connectivity index (χ1) is 17.0. The molecule has 2 aliphatic heterocycles. The molecule has 9 heteroatoms. The Kier molecular flexibility index (Phi) is 5.42. The van der Waals surface area contributed by atoms with Gasteiger partial charge in [0.15, 0.2) is 0 Å². The first kappa shape index (κ1) is 22.0. The van der Waals surface area contributed by atoms with E-state index in [1.54, 1.807) is 6.33 Å². The second kappa shape index (κ2) is 8.62. The number of aryl methyl sites for hydroxylation is 1. The summed E-state index contributed by atoms with van der Waals surface area (Å²) >= 11 is 0. The van der Waals surface area contributed by atoms with Crippen molar-refractivity contribution in [1.29, 1.82) is 0 Å². The van der Waals surface area contributed by atoms with Crippen molar-refractivity contribution in [2.45, 2.75) is 38.6 Å². The fourth-order valence-corrected chi connectivity index (χ4v) is 6.08. The fraction of sp³-hybridized carbons (Fsp3) is 0.462. The van der Waals surface area contributed by atoms with Crippen LogP contribution in [-0.2, 0) is 0 Å². The SMILES string of the molecule is CNc1nc(NC2[C@@H]3CC[C@H]2CN(c2cc(C)ncn2)C3)nc2c1[C@H](C)CN2c1ccc(F)cc1. The van der Waals surface area contributed by atoms with E-state index in [1.165, 1.54) is 25.0 Å². The van der Waals surface area contributed by atoms with Crippen LogP contribution < -0.4 is 20.4 Å². The molecule has 3 aliphatic rings. The Morgan fingerprint density at radius 3 is 2.43 bits per heavy atom. The summed E-state index contributed by atoms with van der Waals surface area (Å²) in [4.78, 5) is 23.2. The summed E-state index contributed by atoms with van der Waals surface area (Å²) in [5.41, 5.74) is 3.05. The predicted molar refractivity (Wildman–Crippen MR) is 136 cm³/mol. The summed E-state index contributed by atoms with van der Waals surface area (Å²) in [7, 11) is 1.91. The van der Waals surface area contributed by atoms with E-state index in [0.717, 1.165) is 54.0 Å². The molecule has 4 heterocycles. The third-order valence-electron chi connectivity index (χ3n) is 7.75. The number of nitrogens with one attached hydrogen (secondary N) is 2. The molecule has 3 aromatic rings. The van der Waals surface area contributed by atoms with Crippen LogP contribution in [0.3, 0.4) is 0 Å². The zero-order valence-electron chi connectivity index (χ0n) is 20.4. The number of nitrogens with zero attached hydrogens (tertiary/aromatic N) is 6. The standard InChI is InChI=1S/C26H31FN8/c1-15-11-35(20-8-6-19(27)7-9-20)25-22(15)24(28-3)32-26(33-25)31-23-17-4-5-18(23)13-34(12-17)21-10-16(2)29-14-30-21/h6-10,14-15,17-18,23H,4-5,11-13H2,1-3H3,(H2,28,31,32,33)/t15-,17-,18+,23?/m1/s1. The van der Waals surface area contributed by atoms with Crippen LogP contribution in [0.25, 0.3) is 0 Å². The molecule has 1 aliphatic carbocycles. The molecule has 0 amide bonds. The van der Waals surface area contributed by atoms with Gasteiger partial charge in [-0.3, -0.25) is 0 Å². The highest BCUT2D eigenvalue weighted by Crippen LogP contribution is 2.44. The number of hydrogen-bond acceptors (Lipinski definition) is 8. The Balaban J connectivity index is 1.27. The van der Waals surface area contributed by atoms with E-state index in [2.05, 4.69) is 43.4 Å². The van der Waals surface area contributed by atoms with Crippen molar-refractivity contribution in [3.8, 4) is 0 Å². The van der Waals surface area contributed by atoms with E-state index < -0.39 is 0 Å². The molecule has 1 saturated carbocycles. The Bertz CT molecular complexity index is 1220. The third kappa shape index (κ3) is 3.92. The van der Waals surface area contributed by atoms with Crippen LogP contribution in [-0.4, -0.2) is 52.7 Å². The molecule has 2 fully saturated rings. The Morgan fingerprint density at radius 2 is 1.74 bits per heavy atom. The van der Waals surface area contributed by atoms with E-state index in [0.29, 0.717) is 23.8 Å². The molecule has 4 atom stereocenters. The monoisotopic (exact) mass is 474 g/mol. The minimum absolute atomic E-state index is 0.235. The normalized spacial score (nSPS) is 25.0. The Hall–Kier alpha value is -3.49. The number of anilines is 5. The molecule has 2 bridgehead atoms. The lowest BCUT2D eigenvalue weighted by atomic mass is 9.92. The summed E-state index contributed by atoms with van der Waals surface area (Å²) in [5.74, 6) is 4.47. The molecule has 0 radical (unpaired) electrons. The lowest BCUT2D eigenvalue weighted by Gasteiger charge is -2.39. The molecule has 182 valence electrons. The fourth-order valence-electron chi connectivity index (χ4n) is 6.08. The van der Waals surface area contributed by atoms with Gasteiger partial charge in [0.2, 0.25) is 5.95 Å². The third-order valence-corrected chi connectivity index (χ3v) is 7.75. The van der Waals surface area contributed by atoms with Crippen LogP contribution in [0.2, 0.25) is 0 Å². The molecule has 0 spiro atoms. The van der Waals surface area contributed by atoms with Crippen molar-refractivity contribution in [2.75, 3.05) is 47.1 Å². The highest BCUT2D eigenvalue weighted by molar-refractivity contribution is 5.74.